The molecule has 2 aromatic heterocycles. The average Bonchev–Trinajstić information content (AvgIpc) is 3.40. The molecule has 3 aromatic rings. The van der Waals surface area contributed by atoms with Crippen molar-refractivity contribution in [2.45, 2.75) is 64.3 Å². The molecule has 2 fully saturated rings. The number of rotatable bonds is 6. The third-order valence-electron chi connectivity index (χ3n) is 8.81. The van der Waals surface area contributed by atoms with Crippen molar-refractivity contribution in [1.82, 2.24) is 19.4 Å². The minimum atomic E-state index is -4.34. The lowest BCUT2D eigenvalue weighted by molar-refractivity contribution is -0.137. The number of likely N-dealkylation sites (tertiary alicyclic amines) is 1. The second kappa shape index (κ2) is 9.25. The molecule has 1 aromatic carbocycles. The van der Waals surface area contributed by atoms with Gasteiger partial charge in [-0.3, -0.25) is 9.69 Å². The Morgan fingerprint density at radius 3 is 2.58 bits per heavy atom. The van der Waals surface area contributed by atoms with Gasteiger partial charge in [-0.15, -0.1) is 0 Å². The Kier molecular flexibility index (Phi) is 6.13. The molecule has 2 aliphatic heterocycles. The van der Waals surface area contributed by atoms with Crippen LogP contribution in [0.4, 0.5) is 19.0 Å². The minimum absolute atomic E-state index is 0.163. The lowest BCUT2D eigenvalue weighted by Crippen LogP contribution is -2.40. The molecule has 0 spiro atoms. The number of benzene rings is 1. The summed E-state index contributed by atoms with van der Waals surface area (Å²) in [5.74, 6) is 1.08. The van der Waals surface area contributed by atoms with Crippen LogP contribution in [0.1, 0.15) is 49.3 Å². The maximum atomic E-state index is 13.1. The Balaban J connectivity index is 1.29. The highest BCUT2D eigenvalue weighted by atomic mass is 19.4. The monoisotopic (exact) mass is 526 g/mol. The van der Waals surface area contributed by atoms with Gasteiger partial charge in [0.2, 0.25) is 5.91 Å². The van der Waals surface area contributed by atoms with E-state index in [0.29, 0.717) is 25.0 Å². The number of carbonyl (C=O) groups is 1. The van der Waals surface area contributed by atoms with Crippen LogP contribution in [-0.4, -0.2) is 51.0 Å². The number of amides is 1. The molecular formula is C28H33F3N6O. The SMILES string of the molecule is CC12CCc3cn(CC4CCN(CC(N)=O)CC4)c4ncnc(c34)N(Cc3ccc(C(F)(F)F)cc3)C1C2. The Hall–Kier alpha value is -3.14. The van der Waals surface area contributed by atoms with Gasteiger partial charge >= 0.3 is 6.18 Å². The summed E-state index contributed by atoms with van der Waals surface area (Å²) in [6.07, 6.45) is 4.58. The van der Waals surface area contributed by atoms with E-state index in [1.807, 2.05) is 0 Å². The van der Waals surface area contributed by atoms with Crippen LogP contribution in [0.2, 0.25) is 0 Å². The average molecular weight is 527 g/mol. The van der Waals surface area contributed by atoms with E-state index < -0.39 is 11.7 Å². The van der Waals surface area contributed by atoms with Gasteiger partial charge in [0.05, 0.1) is 17.5 Å². The number of alkyl halides is 3. The number of hydrogen-bond acceptors (Lipinski definition) is 5. The fourth-order valence-corrected chi connectivity index (χ4v) is 6.44. The van der Waals surface area contributed by atoms with Gasteiger partial charge in [-0.2, -0.15) is 13.2 Å². The number of anilines is 1. The second-order valence-corrected chi connectivity index (χ2v) is 11.6. The summed E-state index contributed by atoms with van der Waals surface area (Å²) in [6, 6.07) is 5.79. The topological polar surface area (TPSA) is 80.3 Å². The highest BCUT2D eigenvalue weighted by Crippen LogP contribution is 2.56. The summed E-state index contributed by atoms with van der Waals surface area (Å²) in [6.45, 7) is 5.71. The van der Waals surface area contributed by atoms with Crippen molar-refractivity contribution in [3.63, 3.8) is 0 Å². The minimum Gasteiger partial charge on any atom is -0.369 e. The Bertz CT molecular complexity index is 1350. The summed E-state index contributed by atoms with van der Waals surface area (Å²) in [5, 5.41) is 1.07. The van der Waals surface area contributed by atoms with E-state index in [1.54, 1.807) is 18.5 Å². The highest BCUT2D eigenvalue weighted by Gasteiger charge is 2.54. The predicted molar refractivity (Wildman–Crippen MR) is 138 cm³/mol. The zero-order valence-electron chi connectivity index (χ0n) is 21.5. The van der Waals surface area contributed by atoms with Gasteiger partial charge < -0.3 is 15.2 Å². The number of nitrogens with zero attached hydrogens (tertiary/aromatic N) is 5. The van der Waals surface area contributed by atoms with E-state index in [1.165, 1.54) is 5.56 Å². The van der Waals surface area contributed by atoms with Crippen molar-refractivity contribution in [2.24, 2.45) is 17.1 Å². The third-order valence-corrected chi connectivity index (χ3v) is 8.81. The molecule has 7 nitrogen and oxygen atoms in total. The number of fused-ring (bicyclic) bond motifs is 1. The molecule has 1 saturated heterocycles. The molecule has 1 saturated carbocycles. The normalized spacial score (nSPS) is 24.2. The molecule has 38 heavy (non-hydrogen) atoms. The number of nitrogens with two attached hydrogens (primary N) is 1. The molecule has 1 amide bonds. The maximum absolute atomic E-state index is 13.1. The second-order valence-electron chi connectivity index (χ2n) is 11.6. The van der Waals surface area contributed by atoms with Crippen molar-refractivity contribution < 1.29 is 18.0 Å². The first-order valence-electron chi connectivity index (χ1n) is 13.4. The van der Waals surface area contributed by atoms with E-state index in [4.69, 9.17) is 15.7 Å². The first-order chi connectivity index (χ1) is 18.1. The molecule has 1 aliphatic carbocycles. The maximum Gasteiger partial charge on any atom is 0.416 e. The molecule has 4 heterocycles. The van der Waals surface area contributed by atoms with Gasteiger partial charge in [-0.1, -0.05) is 19.1 Å². The smallest absolute Gasteiger partial charge is 0.369 e. The molecule has 0 radical (unpaired) electrons. The number of primary amides is 1. The van der Waals surface area contributed by atoms with Crippen LogP contribution in [0.15, 0.2) is 36.8 Å². The molecule has 202 valence electrons. The molecular weight excluding hydrogens is 493 g/mol. The third kappa shape index (κ3) is 4.74. The highest BCUT2D eigenvalue weighted by molar-refractivity contribution is 5.92. The number of aromatic nitrogens is 3. The van der Waals surface area contributed by atoms with E-state index in [0.717, 1.165) is 86.3 Å². The molecule has 0 bridgehead atoms. The van der Waals surface area contributed by atoms with Crippen molar-refractivity contribution in [3.8, 4) is 0 Å². The fourth-order valence-electron chi connectivity index (χ4n) is 6.44. The van der Waals surface area contributed by atoms with Crippen LogP contribution in [0.5, 0.6) is 0 Å². The van der Waals surface area contributed by atoms with E-state index in [2.05, 4.69) is 27.5 Å². The lowest BCUT2D eigenvalue weighted by atomic mass is 9.95. The summed E-state index contributed by atoms with van der Waals surface area (Å²) >= 11 is 0. The first-order valence-corrected chi connectivity index (χ1v) is 13.4. The Labute approximate surface area is 219 Å². The first kappa shape index (κ1) is 25.2. The van der Waals surface area contributed by atoms with Crippen LogP contribution in [-0.2, 0) is 30.5 Å². The number of hydrogen-bond donors (Lipinski definition) is 1. The predicted octanol–water partition coefficient (Wildman–Crippen LogP) is 4.38. The van der Waals surface area contributed by atoms with E-state index in [-0.39, 0.29) is 11.3 Å². The van der Waals surface area contributed by atoms with Crippen molar-refractivity contribution >= 4 is 22.8 Å². The zero-order valence-corrected chi connectivity index (χ0v) is 21.5. The number of piperidine rings is 1. The van der Waals surface area contributed by atoms with Crippen LogP contribution in [0, 0.1) is 11.3 Å². The van der Waals surface area contributed by atoms with Gasteiger partial charge in [0.25, 0.3) is 0 Å². The van der Waals surface area contributed by atoms with Crippen LogP contribution in [0.25, 0.3) is 11.0 Å². The zero-order chi connectivity index (χ0) is 26.7. The molecule has 2 unspecified atom stereocenters. The standard InChI is InChI=1S/C28H33F3N6O/c1-27-9-6-20-15-36(13-19-7-10-35(11-8-19)16-23(32)38)25-24(20)26(34-17-33-25)37(22(27)12-27)14-18-2-4-21(5-3-18)28(29,30)31/h2-5,15,17,19,22H,6-14,16H2,1H3,(H2,32,38). The van der Waals surface area contributed by atoms with Crippen molar-refractivity contribution in [1.29, 1.82) is 0 Å². The lowest BCUT2D eigenvalue weighted by Gasteiger charge is -2.31. The van der Waals surface area contributed by atoms with E-state index in [9.17, 15) is 18.0 Å². The number of halogens is 3. The Morgan fingerprint density at radius 2 is 1.89 bits per heavy atom. The van der Waals surface area contributed by atoms with Crippen LogP contribution < -0.4 is 10.6 Å². The van der Waals surface area contributed by atoms with Crippen LogP contribution in [0.3, 0.4) is 0 Å². The summed E-state index contributed by atoms with van der Waals surface area (Å²) in [7, 11) is 0. The molecule has 3 aliphatic rings. The quantitative estimate of drug-likeness (QED) is 0.516. The van der Waals surface area contributed by atoms with Crippen LogP contribution >= 0.6 is 0 Å². The van der Waals surface area contributed by atoms with Gasteiger partial charge in [-0.25, -0.2) is 9.97 Å². The summed E-state index contributed by atoms with van der Waals surface area (Å²) < 4.78 is 41.6. The number of aryl methyl sites for hydroxylation is 1. The Morgan fingerprint density at radius 1 is 1.16 bits per heavy atom. The molecule has 2 N–H and O–H groups in total. The number of carbonyl (C=O) groups excluding carboxylic acids is 1. The van der Waals surface area contributed by atoms with Crippen molar-refractivity contribution in [2.75, 3.05) is 24.5 Å². The molecule has 6 rings (SSSR count). The fraction of sp³-hybridized carbons (Fsp3) is 0.536. The van der Waals surface area contributed by atoms with Crippen molar-refractivity contribution in [3.05, 3.63) is 53.5 Å². The largest absolute Gasteiger partial charge is 0.416 e. The molecule has 10 heteroatoms. The summed E-state index contributed by atoms with van der Waals surface area (Å²) in [5.41, 5.74) is 7.90. The van der Waals surface area contributed by atoms with Gasteiger partial charge in [0.15, 0.2) is 0 Å². The van der Waals surface area contributed by atoms with Gasteiger partial charge in [0.1, 0.15) is 17.8 Å². The molecule has 2 atom stereocenters. The van der Waals surface area contributed by atoms with Gasteiger partial charge in [-0.05, 0) is 79.8 Å². The summed E-state index contributed by atoms with van der Waals surface area (Å²) in [4.78, 5) is 25.1. The van der Waals surface area contributed by atoms with Gasteiger partial charge in [0, 0.05) is 25.3 Å². The van der Waals surface area contributed by atoms with E-state index >= 15 is 0 Å².